The van der Waals surface area contributed by atoms with Gasteiger partial charge < -0.3 is 35.5 Å². The molecule has 3 aromatic rings. The van der Waals surface area contributed by atoms with E-state index in [1.807, 2.05) is 39.0 Å². The van der Waals surface area contributed by atoms with E-state index in [2.05, 4.69) is 5.32 Å². The van der Waals surface area contributed by atoms with E-state index in [9.17, 15) is 19.8 Å². The third kappa shape index (κ3) is 7.13. The number of aliphatic hydroxyl groups is 2. The SMILES string of the molecule is C[C@H](O)COc1ccc(C(N)=O)c(-c2c(Cl)c(F)cc3c2[C@H](C)[C@](c2ccccc2)([C@@H](OC(=O)NC2CCC(C)(O)CC2)C(C)(C)C)O3)c1F. The average molecular weight is 715 g/mol. The van der Waals surface area contributed by atoms with Gasteiger partial charge in [-0.05, 0) is 57.2 Å². The molecule has 0 radical (unpaired) electrons. The molecule has 5 rings (SSSR count). The molecule has 270 valence electrons. The van der Waals surface area contributed by atoms with E-state index < -0.39 is 63.4 Å². The number of halogens is 3. The number of fused-ring (bicyclic) bond motifs is 1. The van der Waals surface area contributed by atoms with Crippen molar-refractivity contribution in [1.82, 2.24) is 5.32 Å². The van der Waals surface area contributed by atoms with Crippen LogP contribution in [0.3, 0.4) is 0 Å². The van der Waals surface area contributed by atoms with Gasteiger partial charge in [-0.3, -0.25) is 4.79 Å². The van der Waals surface area contributed by atoms with Crippen LogP contribution in [0.2, 0.25) is 5.02 Å². The number of hydrogen-bond acceptors (Lipinski definition) is 7. The number of hydrogen-bond donors (Lipinski definition) is 4. The first-order valence-electron chi connectivity index (χ1n) is 16.8. The number of rotatable bonds is 9. The second kappa shape index (κ2) is 14.0. The minimum atomic E-state index is -1.51. The van der Waals surface area contributed by atoms with Gasteiger partial charge in [0.25, 0.3) is 0 Å². The topological polar surface area (TPSA) is 140 Å². The van der Waals surface area contributed by atoms with Crippen molar-refractivity contribution in [2.45, 2.75) is 103 Å². The van der Waals surface area contributed by atoms with Gasteiger partial charge >= 0.3 is 6.09 Å². The molecule has 0 spiro atoms. The number of carbonyl (C=O) groups is 2. The average Bonchev–Trinajstić information content (AvgIpc) is 3.32. The lowest BCUT2D eigenvalue weighted by Crippen LogP contribution is -2.55. The molecular weight excluding hydrogens is 670 g/mol. The summed E-state index contributed by atoms with van der Waals surface area (Å²) < 4.78 is 51.0. The molecule has 0 unspecified atom stereocenters. The number of nitrogens with two attached hydrogens (primary N) is 1. The summed E-state index contributed by atoms with van der Waals surface area (Å²) in [7, 11) is 0. The van der Waals surface area contributed by atoms with E-state index in [0.717, 1.165) is 6.07 Å². The fourth-order valence-electron chi connectivity index (χ4n) is 7.23. The van der Waals surface area contributed by atoms with Crippen LogP contribution in [0.1, 0.15) is 94.6 Å². The van der Waals surface area contributed by atoms with E-state index in [1.54, 1.807) is 26.0 Å². The van der Waals surface area contributed by atoms with Gasteiger partial charge in [0.1, 0.15) is 18.2 Å². The lowest BCUT2D eigenvalue weighted by molar-refractivity contribution is -0.113. The Labute approximate surface area is 296 Å². The lowest BCUT2D eigenvalue weighted by Gasteiger charge is -2.46. The van der Waals surface area contributed by atoms with Crippen molar-refractivity contribution >= 4 is 23.6 Å². The maximum Gasteiger partial charge on any atom is 0.407 e. The summed E-state index contributed by atoms with van der Waals surface area (Å²) in [6.45, 7) is 10.4. The first-order chi connectivity index (χ1) is 23.4. The Hall–Kier alpha value is -3.93. The first-order valence-corrected chi connectivity index (χ1v) is 17.1. The fraction of sp³-hybridized carbons (Fsp3) is 0.474. The van der Waals surface area contributed by atoms with E-state index in [-0.39, 0.29) is 46.4 Å². The predicted molar refractivity (Wildman–Crippen MR) is 185 cm³/mol. The summed E-state index contributed by atoms with van der Waals surface area (Å²) in [5.41, 5.74) is 2.66. The number of benzene rings is 3. The predicted octanol–water partition coefficient (Wildman–Crippen LogP) is 7.37. The zero-order valence-electron chi connectivity index (χ0n) is 29.1. The summed E-state index contributed by atoms with van der Waals surface area (Å²) in [4.78, 5) is 26.4. The molecule has 9 nitrogen and oxygen atoms in total. The molecule has 5 N–H and O–H groups in total. The highest BCUT2D eigenvalue weighted by Crippen LogP contribution is 2.60. The number of nitrogens with one attached hydrogen (secondary N) is 1. The molecule has 0 aromatic heterocycles. The quantitative estimate of drug-likeness (QED) is 0.181. The molecule has 1 aliphatic heterocycles. The van der Waals surface area contributed by atoms with Gasteiger partial charge in [-0.15, -0.1) is 0 Å². The van der Waals surface area contributed by atoms with Crippen molar-refractivity contribution in [3.63, 3.8) is 0 Å². The van der Waals surface area contributed by atoms with Gasteiger partial charge in [0.05, 0.1) is 22.3 Å². The van der Waals surface area contributed by atoms with Gasteiger partial charge in [0, 0.05) is 40.1 Å². The minimum absolute atomic E-state index is 0.0103. The van der Waals surface area contributed by atoms with E-state index in [0.29, 0.717) is 31.2 Å². The summed E-state index contributed by atoms with van der Waals surface area (Å²) >= 11 is 6.68. The Kier molecular flexibility index (Phi) is 10.5. The molecule has 50 heavy (non-hydrogen) atoms. The maximum atomic E-state index is 16.5. The highest BCUT2D eigenvalue weighted by Gasteiger charge is 2.59. The van der Waals surface area contributed by atoms with Gasteiger partial charge in [-0.2, -0.15) is 0 Å². The molecule has 1 saturated carbocycles. The molecule has 3 aromatic carbocycles. The van der Waals surface area contributed by atoms with Gasteiger partial charge in [0.2, 0.25) is 5.91 Å². The molecule has 12 heteroatoms. The van der Waals surface area contributed by atoms with E-state index in [1.165, 1.54) is 19.1 Å². The molecule has 1 heterocycles. The molecule has 1 aliphatic carbocycles. The molecular formula is C38H45ClF2N2O7. The minimum Gasteiger partial charge on any atom is -0.488 e. The van der Waals surface area contributed by atoms with Crippen LogP contribution in [0.5, 0.6) is 11.5 Å². The van der Waals surface area contributed by atoms with Crippen LogP contribution in [-0.2, 0) is 10.3 Å². The normalized spacial score (nSPS) is 24.5. The largest absolute Gasteiger partial charge is 0.488 e. The lowest BCUT2D eigenvalue weighted by atomic mass is 9.67. The summed E-state index contributed by atoms with van der Waals surface area (Å²) in [6.07, 6.45) is -0.466. The van der Waals surface area contributed by atoms with E-state index in [4.69, 9.17) is 31.5 Å². The Morgan fingerprint density at radius 2 is 1.76 bits per heavy atom. The van der Waals surface area contributed by atoms with Gasteiger partial charge in [0.15, 0.2) is 23.3 Å². The molecule has 2 amide bonds. The van der Waals surface area contributed by atoms with Crippen LogP contribution in [0.15, 0.2) is 48.5 Å². The second-order valence-electron chi connectivity index (χ2n) is 14.8. The van der Waals surface area contributed by atoms with Crippen LogP contribution in [0, 0.1) is 17.0 Å². The zero-order chi connectivity index (χ0) is 36.8. The van der Waals surface area contributed by atoms with Crippen molar-refractivity contribution in [3.8, 4) is 22.6 Å². The fourth-order valence-corrected chi connectivity index (χ4v) is 7.48. The Bertz CT molecular complexity index is 1750. The molecule has 2 aliphatic rings. The molecule has 1 fully saturated rings. The van der Waals surface area contributed by atoms with Gasteiger partial charge in [-0.1, -0.05) is 69.6 Å². The molecule has 4 atom stereocenters. The van der Waals surface area contributed by atoms with Crippen LogP contribution < -0.4 is 20.5 Å². The molecule has 0 saturated heterocycles. The van der Waals surface area contributed by atoms with E-state index >= 15 is 8.78 Å². The van der Waals surface area contributed by atoms with Crippen LogP contribution >= 0.6 is 11.6 Å². The number of alkyl carbamates (subject to hydrolysis) is 1. The summed E-state index contributed by atoms with van der Waals surface area (Å²) in [6, 6.07) is 12.4. The monoisotopic (exact) mass is 714 g/mol. The maximum absolute atomic E-state index is 16.5. The number of amides is 2. The summed E-state index contributed by atoms with van der Waals surface area (Å²) in [5.74, 6) is -4.06. The highest BCUT2D eigenvalue weighted by molar-refractivity contribution is 6.34. The number of carbonyl (C=O) groups excluding carboxylic acids is 2. The Morgan fingerprint density at radius 1 is 1.12 bits per heavy atom. The third-order valence-electron chi connectivity index (χ3n) is 9.69. The van der Waals surface area contributed by atoms with Crippen molar-refractivity contribution in [1.29, 1.82) is 0 Å². The van der Waals surface area contributed by atoms with Crippen molar-refractivity contribution < 1.29 is 42.8 Å². The van der Waals surface area contributed by atoms with Crippen LogP contribution in [-0.4, -0.2) is 52.7 Å². The second-order valence-corrected chi connectivity index (χ2v) is 15.2. The van der Waals surface area contributed by atoms with Crippen LogP contribution in [0.25, 0.3) is 11.1 Å². The van der Waals surface area contributed by atoms with Crippen molar-refractivity contribution in [2.75, 3.05) is 6.61 Å². The third-order valence-corrected chi connectivity index (χ3v) is 10.1. The van der Waals surface area contributed by atoms with Gasteiger partial charge in [-0.25, -0.2) is 13.6 Å². The highest BCUT2D eigenvalue weighted by atomic mass is 35.5. The smallest absolute Gasteiger partial charge is 0.407 e. The zero-order valence-corrected chi connectivity index (χ0v) is 29.9. The Morgan fingerprint density at radius 3 is 2.34 bits per heavy atom. The standard InChI is InChI=1S/C38H45ClF2N2O7/c1-20(44)19-48-26-13-12-24(33(42)45)29(32(26)41)30-28-21(2)38(22-10-8-7-9-11-22,50-27(28)18-25(40)31(30)39)34(36(3,4)5)49-35(46)43-23-14-16-37(6,47)17-15-23/h7-13,18,20-21,23,34,44,47H,14-17,19H2,1-6H3,(H2,42,45)(H,43,46)/t20-,21-,23?,34-,37?,38-/m0/s1. The number of primary amides is 1. The first kappa shape index (κ1) is 37.3. The number of aliphatic hydroxyl groups excluding tert-OH is 1. The summed E-state index contributed by atoms with van der Waals surface area (Å²) in [5, 5.41) is 22.7. The van der Waals surface area contributed by atoms with Crippen molar-refractivity contribution in [2.24, 2.45) is 11.1 Å². The van der Waals surface area contributed by atoms with Crippen molar-refractivity contribution in [3.05, 3.63) is 81.9 Å². The Balaban J connectivity index is 1.69. The van der Waals surface area contributed by atoms with Crippen LogP contribution in [0.4, 0.5) is 13.6 Å². The number of ether oxygens (including phenoxy) is 3. The molecule has 0 bridgehead atoms.